The summed E-state index contributed by atoms with van der Waals surface area (Å²) in [5.74, 6) is 0.809. The van der Waals surface area contributed by atoms with Crippen molar-refractivity contribution in [3.63, 3.8) is 0 Å². The van der Waals surface area contributed by atoms with Crippen LogP contribution >= 0.6 is 0 Å². The van der Waals surface area contributed by atoms with Crippen LogP contribution in [0.25, 0.3) is 5.78 Å². The van der Waals surface area contributed by atoms with E-state index >= 15 is 0 Å². The van der Waals surface area contributed by atoms with Gasteiger partial charge in [-0.05, 0) is 51.8 Å². The van der Waals surface area contributed by atoms with Crippen LogP contribution in [-0.2, 0) is 13.1 Å². The number of imidazole rings is 1. The highest BCUT2D eigenvalue weighted by atomic mass is 15.3. The average molecular weight is 338 g/mol. The van der Waals surface area contributed by atoms with Crippen molar-refractivity contribution in [2.24, 2.45) is 0 Å². The molecule has 3 aromatic heterocycles. The molecule has 6 heteroatoms. The van der Waals surface area contributed by atoms with Crippen molar-refractivity contribution in [1.29, 1.82) is 0 Å². The Kier molecular flexibility index (Phi) is 4.29. The van der Waals surface area contributed by atoms with Gasteiger partial charge in [-0.25, -0.2) is 9.97 Å². The molecule has 1 aliphatic heterocycles. The first kappa shape index (κ1) is 16.3. The van der Waals surface area contributed by atoms with E-state index in [-0.39, 0.29) is 0 Å². The van der Waals surface area contributed by atoms with E-state index in [0.717, 1.165) is 36.8 Å². The van der Waals surface area contributed by atoms with E-state index in [0.29, 0.717) is 6.04 Å². The van der Waals surface area contributed by atoms with E-state index in [1.165, 1.54) is 30.5 Å². The summed E-state index contributed by atoms with van der Waals surface area (Å²) in [6, 6.07) is 2.62. The van der Waals surface area contributed by atoms with Crippen LogP contribution in [0.1, 0.15) is 41.9 Å². The van der Waals surface area contributed by atoms with Crippen molar-refractivity contribution in [3.8, 4) is 0 Å². The first-order chi connectivity index (χ1) is 12.1. The standard InChI is InChI=1S/C19H26N6/c1-14-9-20-24(10-14)13-18-6-4-5-7-23(18)11-17-12-25-16(3)8-15(2)21-19(25)22-17/h8-10,12,18H,4-7,11,13H2,1-3H3. The second kappa shape index (κ2) is 6.59. The lowest BCUT2D eigenvalue weighted by Crippen LogP contribution is -2.41. The van der Waals surface area contributed by atoms with Crippen LogP contribution < -0.4 is 0 Å². The number of likely N-dealkylation sites (tertiary alicyclic amines) is 1. The molecule has 132 valence electrons. The van der Waals surface area contributed by atoms with Crippen molar-refractivity contribution in [3.05, 3.63) is 47.3 Å². The number of piperidine rings is 1. The highest BCUT2D eigenvalue weighted by Gasteiger charge is 2.24. The van der Waals surface area contributed by atoms with Gasteiger partial charge in [0.1, 0.15) is 0 Å². The average Bonchev–Trinajstić information content (AvgIpc) is 3.15. The first-order valence-corrected chi connectivity index (χ1v) is 9.14. The lowest BCUT2D eigenvalue weighted by molar-refractivity contribution is 0.120. The Morgan fingerprint density at radius 3 is 2.80 bits per heavy atom. The highest BCUT2D eigenvalue weighted by molar-refractivity contribution is 5.34. The van der Waals surface area contributed by atoms with Gasteiger partial charge < -0.3 is 0 Å². The molecule has 0 radical (unpaired) electrons. The second-order valence-electron chi connectivity index (χ2n) is 7.30. The Hall–Kier alpha value is -2.21. The normalized spacial score (nSPS) is 18.9. The Morgan fingerprint density at radius 2 is 2.00 bits per heavy atom. The molecule has 1 fully saturated rings. The molecule has 0 amide bonds. The van der Waals surface area contributed by atoms with Gasteiger partial charge in [0.05, 0.1) is 18.4 Å². The van der Waals surface area contributed by atoms with Crippen LogP contribution in [0.2, 0.25) is 0 Å². The maximum Gasteiger partial charge on any atom is 0.234 e. The van der Waals surface area contributed by atoms with Gasteiger partial charge in [-0.15, -0.1) is 0 Å². The molecule has 4 rings (SSSR count). The molecule has 1 aliphatic rings. The fraction of sp³-hybridized carbons (Fsp3) is 0.526. The lowest BCUT2D eigenvalue weighted by atomic mass is 10.0. The van der Waals surface area contributed by atoms with Crippen LogP contribution in [0.5, 0.6) is 0 Å². The Balaban J connectivity index is 1.54. The minimum absolute atomic E-state index is 0.522. The first-order valence-electron chi connectivity index (χ1n) is 9.14. The third kappa shape index (κ3) is 3.44. The summed E-state index contributed by atoms with van der Waals surface area (Å²) < 4.78 is 4.18. The topological polar surface area (TPSA) is 51.2 Å². The van der Waals surface area contributed by atoms with Gasteiger partial charge in [-0.2, -0.15) is 5.10 Å². The Bertz CT molecular complexity index is 877. The van der Waals surface area contributed by atoms with Crippen LogP contribution in [0, 0.1) is 20.8 Å². The molecule has 0 spiro atoms. The van der Waals surface area contributed by atoms with Crippen LogP contribution in [0.15, 0.2) is 24.7 Å². The number of hydrogen-bond acceptors (Lipinski definition) is 4. The molecule has 1 saturated heterocycles. The maximum absolute atomic E-state index is 4.76. The molecule has 6 nitrogen and oxygen atoms in total. The van der Waals surface area contributed by atoms with E-state index in [2.05, 4.69) is 56.4 Å². The minimum Gasteiger partial charge on any atom is -0.293 e. The summed E-state index contributed by atoms with van der Waals surface area (Å²) >= 11 is 0. The summed E-state index contributed by atoms with van der Waals surface area (Å²) in [5.41, 5.74) is 4.53. The number of rotatable bonds is 4. The third-order valence-corrected chi connectivity index (χ3v) is 5.09. The van der Waals surface area contributed by atoms with Crippen LogP contribution in [0.4, 0.5) is 0 Å². The Labute approximate surface area is 148 Å². The highest BCUT2D eigenvalue weighted by Crippen LogP contribution is 2.21. The summed E-state index contributed by atoms with van der Waals surface area (Å²) in [5, 5.41) is 4.47. The predicted molar refractivity (Wildman–Crippen MR) is 97.5 cm³/mol. The van der Waals surface area contributed by atoms with E-state index in [1.807, 2.05) is 13.1 Å². The van der Waals surface area contributed by atoms with E-state index in [1.54, 1.807) is 0 Å². The zero-order valence-electron chi connectivity index (χ0n) is 15.3. The molecular weight excluding hydrogens is 312 g/mol. The van der Waals surface area contributed by atoms with E-state index < -0.39 is 0 Å². The van der Waals surface area contributed by atoms with Crippen LogP contribution in [0.3, 0.4) is 0 Å². The third-order valence-electron chi connectivity index (χ3n) is 5.09. The number of nitrogens with zero attached hydrogens (tertiary/aromatic N) is 6. The SMILES string of the molecule is Cc1cnn(CC2CCCCN2Cc2cn3c(C)cc(C)nc3n2)c1. The monoisotopic (exact) mass is 338 g/mol. The second-order valence-corrected chi connectivity index (χ2v) is 7.30. The quantitative estimate of drug-likeness (QED) is 0.734. The molecule has 1 unspecified atom stereocenters. The molecule has 3 aromatic rings. The summed E-state index contributed by atoms with van der Waals surface area (Å²) in [6.07, 6.45) is 9.99. The van der Waals surface area contributed by atoms with Crippen molar-refractivity contribution in [2.45, 2.75) is 59.2 Å². The molecule has 4 heterocycles. The summed E-state index contributed by atoms with van der Waals surface area (Å²) in [7, 11) is 0. The van der Waals surface area contributed by atoms with E-state index in [9.17, 15) is 0 Å². The van der Waals surface area contributed by atoms with Crippen molar-refractivity contribution < 1.29 is 0 Å². The zero-order chi connectivity index (χ0) is 17.4. The number of fused-ring (bicyclic) bond motifs is 1. The molecule has 0 saturated carbocycles. The van der Waals surface area contributed by atoms with Gasteiger partial charge in [0, 0.05) is 36.4 Å². The maximum atomic E-state index is 4.76. The molecule has 0 bridgehead atoms. The number of aryl methyl sites for hydroxylation is 3. The minimum atomic E-state index is 0.522. The van der Waals surface area contributed by atoms with Gasteiger partial charge in [0.2, 0.25) is 5.78 Å². The summed E-state index contributed by atoms with van der Waals surface area (Å²) in [6.45, 7) is 9.19. The number of hydrogen-bond donors (Lipinski definition) is 0. The number of aromatic nitrogens is 5. The van der Waals surface area contributed by atoms with Crippen molar-refractivity contribution in [2.75, 3.05) is 6.54 Å². The molecule has 0 N–H and O–H groups in total. The van der Waals surface area contributed by atoms with E-state index in [4.69, 9.17) is 4.98 Å². The van der Waals surface area contributed by atoms with Gasteiger partial charge >= 0.3 is 0 Å². The van der Waals surface area contributed by atoms with Crippen LogP contribution in [-0.4, -0.2) is 41.6 Å². The fourth-order valence-corrected chi connectivity index (χ4v) is 3.86. The zero-order valence-corrected chi connectivity index (χ0v) is 15.3. The molecular formula is C19H26N6. The van der Waals surface area contributed by atoms with Gasteiger partial charge in [-0.3, -0.25) is 14.0 Å². The largest absolute Gasteiger partial charge is 0.293 e. The van der Waals surface area contributed by atoms with Crippen molar-refractivity contribution in [1.82, 2.24) is 29.0 Å². The van der Waals surface area contributed by atoms with Crippen molar-refractivity contribution >= 4 is 5.78 Å². The lowest BCUT2D eigenvalue weighted by Gasteiger charge is -2.35. The molecule has 0 aliphatic carbocycles. The van der Waals surface area contributed by atoms with Gasteiger partial charge in [-0.1, -0.05) is 6.42 Å². The molecule has 25 heavy (non-hydrogen) atoms. The predicted octanol–water partition coefficient (Wildman–Crippen LogP) is 2.91. The molecule has 1 atom stereocenters. The summed E-state index contributed by atoms with van der Waals surface area (Å²) in [4.78, 5) is 11.9. The van der Waals surface area contributed by atoms with Gasteiger partial charge in [0.15, 0.2) is 0 Å². The Morgan fingerprint density at radius 1 is 1.12 bits per heavy atom. The smallest absolute Gasteiger partial charge is 0.234 e. The molecule has 0 aromatic carbocycles. The van der Waals surface area contributed by atoms with Gasteiger partial charge in [0.25, 0.3) is 0 Å². The fourth-order valence-electron chi connectivity index (χ4n) is 3.86.